The van der Waals surface area contributed by atoms with Gasteiger partial charge < -0.3 is 10.2 Å². The second-order valence-corrected chi connectivity index (χ2v) is 11.3. The number of hydrogen-bond donors (Lipinski definition) is 1. The first-order chi connectivity index (χ1) is 17.1. The Balaban J connectivity index is 1.17. The molecule has 0 aromatic heterocycles. The minimum atomic E-state index is -4.34. The van der Waals surface area contributed by atoms with Crippen molar-refractivity contribution in [3.8, 4) is 0 Å². The molecule has 7 nitrogen and oxygen atoms in total. The Kier molecular flexibility index (Phi) is 8.34. The molecule has 0 spiro atoms. The molecule has 2 fully saturated rings. The third kappa shape index (κ3) is 7.06. The number of carbonyl (C=O) groups is 1. The van der Waals surface area contributed by atoms with E-state index in [-0.39, 0.29) is 24.2 Å². The number of carbonyl (C=O) groups excluding carboxylic acids is 1. The summed E-state index contributed by atoms with van der Waals surface area (Å²) in [5.41, 5.74) is 0.896. The zero-order valence-electron chi connectivity index (χ0n) is 20.0. The summed E-state index contributed by atoms with van der Waals surface area (Å²) < 4.78 is 65.1. The van der Waals surface area contributed by atoms with Crippen LogP contribution in [0.2, 0.25) is 0 Å². The molecule has 196 valence electrons. The maximum Gasteiger partial charge on any atom is 0.416 e. The van der Waals surface area contributed by atoms with E-state index in [0.717, 1.165) is 23.3 Å². The van der Waals surface area contributed by atoms with E-state index in [1.165, 1.54) is 16.4 Å². The van der Waals surface area contributed by atoms with Crippen LogP contribution in [-0.2, 0) is 33.3 Å². The molecule has 2 aromatic rings. The minimum Gasteiger partial charge on any atom is -0.339 e. The Morgan fingerprint density at radius 2 is 1.58 bits per heavy atom. The van der Waals surface area contributed by atoms with Crippen LogP contribution in [0.25, 0.3) is 0 Å². The SMILES string of the molecule is O=C(CN[C@H]1CCN(S(=O)(=O)Cc2ccccc2)C1)N1CCN(Cc2ccc(C(F)(F)F)cc2)CC1. The maximum atomic E-state index is 12.7. The average molecular weight is 525 g/mol. The van der Waals surface area contributed by atoms with Crippen molar-refractivity contribution in [3.63, 3.8) is 0 Å². The minimum absolute atomic E-state index is 0.0315. The topological polar surface area (TPSA) is 73.0 Å². The van der Waals surface area contributed by atoms with Gasteiger partial charge in [-0.25, -0.2) is 12.7 Å². The Labute approximate surface area is 209 Å². The molecule has 36 heavy (non-hydrogen) atoms. The van der Waals surface area contributed by atoms with Crippen LogP contribution < -0.4 is 5.32 Å². The third-order valence-electron chi connectivity index (χ3n) is 6.69. The normalized spacial score (nSPS) is 20.1. The van der Waals surface area contributed by atoms with Gasteiger partial charge in [0.1, 0.15) is 0 Å². The number of hydrogen-bond acceptors (Lipinski definition) is 5. The zero-order valence-corrected chi connectivity index (χ0v) is 20.8. The second-order valence-electron chi connectivity index (χ2n) is 9.32. The zero-order chi connectivity index (χ0) is 25.8. The van der Waals surface area contributed by atoms with Gasteiger partial charge in [0.25, 0.3) is 0 Å². The van der Waals surface area contributed by atoms with Gasteiger partial charge in [-0.3, -0.25) is 9.69 Å². The van der Waals surface area contributed by atoms with Gasteiger partial charge in [-0.2, -0.15) is 13.2 Å². The lowest BCUT2D eigenvalue weighted by molar-refractivity contribution is -0.137. The molecule has 0 unspecified atom stereocenters. The van der Waals surface area contributed by atoms with E-state index in [4.69, 9.17) is 0 Å². The molecule has 11 heteroatoms. The molecule has 2 heterocycles. The fourth-order valence-electron chi connectivity index (χ4n) is 4.58. The van der Waals surface area contributed by atoms with Gasteiger partial charge in [-0.1, -0.05) is 42.5 Å². The fourth-order valence-corrected chi connectivity index (χ4v) is 6.17. The molecule has 0 radical (unpaired) electrons. The second kappa shape index (κ2) is 11.3. The molecule has 1 N–H and O–H groups in total. The Hall–Kier alpha value is -2.47. The van der Waals surface area contributed by atoms with Crippen molar-refractivity contribution in [1.82, 2.24) is 19.4 Å². The summed E-state index contributed by atoms with van der Waals surface area (Å²) in [4.78, 5) is 16.6. The van der Waals surface area contributed by atoms with E-state index in [1.54, 1.807) is 17.0 Å². The third-order valence-corrected chi connectivity index (χ3v) is 8.51. The molecule has 1 amide bonds. The van der Waals surface area contributed by atoms with Crippen molar-refractivity contribution in [2.45, 2.75) is 30.9 Å². The first-order valence-electron chi connectivity index (χ1n) is 12.0. The predicted octanol–water partition coefficient (Wildman–Crippen LogP) is 2.54. The van der Waals surface area contributed by atoms with Crippen LogP contribution in [0.15, 0.2) is 54.6 Å². The molecule has 1 atom stereocenters. The van der Waals surface area contributed by atoms with Crippen molar-refractivity contribution in [3.05, 3.63) is 71.3 Å². The first-order valence-corrected chi connectivity index (χ1v) is 13.6. The summed E-state index contributed by atoms with van der Waals surface area (Å²) in [6.45, 7) is 3.84. The molecule has 2 saturated heterocycles. The van der Waals surface area contributed by atoms with Crippen molar-refractivity contribution >= 4 is 15.9 Å². The van der Waals surface area contributed by atoms with Crippen LogP contribution in [-0.4, -0.2) is 80.3 Å². The van der Waals surface area contributed by atoms with E-state index in [0.29, 0.717) is 52.2 Å². The standard InChI is InChI=1S/C25H31F3N4O3S/c26-25(27,28)22-8-6-20(7-9-22)17-30-12-14-31(15-13-30)24(33)16-29-23-10-11-32(18-23)36(34,35)19-21-4-2-1-3-5-21/h1-9,23,29H,10-19H2/t23-/m0/s1. The van der Waals surface area contributed by atoms with E-state index >= 15 is 0 Å². The summed E-state index contributed by atoms with van der Waals surface area (Å²) in [5, 5.41) is 3.21. The number of nitrogens with zero attached hydrogens (tertiary/aromatic N) is 3. The number of rotatable bonds is 8. The first kappa shape index (κ1) is 26.6. The molecule has 2 aliphatic heterocycles. The maximum absolute atomic E-state index is 12.7. The molecular formula is C25H31F3N4O3S. The number of halogens is 3. The summed E-state index contributed by atoms with van der Waals surface area (Å²) in [5.74, 6) is -0.0641. The highest BCUT2D eigenvalue weighted by atomic mass is 32.2. The summed E-state index contributed by atoms with van der Waals surface area (Å²) >= 11 is 0. The highest BCUT2D eigenvalue weighted by molar-refractivity contribution is 7.88. The summed E-state index contributed by atoms with van der Waals surface area (Å²) in [6, 6.07) is 14.2. The van der Waals surface area contributed by atoms with E-state index in [1.807, 2.05) is 18.2 Å². The van der Waals surface area contributed by atoms with Crippen molar-refractivity contribution in [2.75, 3.05) is 45.8 Å². The molecule has 4 rings (SSSR count). The highest BCUT2D eigenvalue weighted by Gasteiger charge is 2.32. The lowest BCUT2D eigenvalue weighted by Crippen LogP contribution is -2.51. The summed E-state index contributed by atoms with van der Waals surface area (Å²) in [7, 11) is -3.41. The Bertz CT molecular complexity index is 1120. The number of piperazine rings is 1. The van der Waals surface area contributed by atoms with E-state index in [2.05, 4.69) is 10.2 Å². The molecule has 2 aromatic carbocycles. The molecule has 0 bridgehead atoms. The predicted molar refractivity (Wildman–Crippen MR) is 130 cm³/mol. The fraction of sp³-hybridized carbons (Fsp3) is 0.480. The number of sulfonamides is 1. The van der Waals surface area contributed by atoms with Crippen LogP contribution in [0.1, 0.15) is 23.1 Å². The monoisotopic (exact) mass is 524 g/mol. The summed E-state index contributed by atoms with van der Waals surface area (Å²) in [6.07, 6.45) is -3.69. The lowest BCUT2D eigenvalue weighted by Gasteiger charge is -2.35. The van der Waals surface area contributed by atoms with Gasteiger partial charge in [0.05, 0.1) is 17.9 Å². The number of nitrogens with one attached hydrogen (secondary N) is 1. The van der Waals surface area contributed by atoms with Crippen LogP contribution in [0.3, 0.4) is 0 Å². The van der Waals surface area contributed by atoms with Crippen LogP contribution >= 0.6 is 0 Å². The van der Waals surface area contributed by atoms with Gasteiger partial charge in [0.2, 0.25) is 15.9 Å². The van der Waals surface area contributed by atoms with E-state index < -0.39 is 21.8 Å². The van der Waals surface area contributed by atoms with Gasteiger partial charge >= 0.3 is 6.18 Å². The van der Waals surface area contributed by atoms with Crippen molar-refractivity contribution in [1.29, 1.82) is 0 Å². The van der Waals surface area contributed by atoms with Crippen molar-refractivity contribution < 1.29 is 26.4 Å². The van der Waals surface area contributed by atoms with Gasteiger partial charge in [0.15, 0.2) is 0 Å². The number of amides is 1. The quantitative estimate of drug-likeness (QED) is 0.575. The van der Waals surface area contributed by atoms with Gasteiger partial charge in [0, 0.05) is 51.9 Å². The molecule has 2 aliphatic rings. The smallest absolute Gasteiger partial charge is 0.339 e. The van der Waals surface area contributed by atoms with Crippen LogP contribution in [0.5, 0.6) is 0 Å². The molecule has 0 saturated carbocycles. The Morgan fingerprint density at radius 3 is 2.22 bits per heavy atom. The largest absolute Gasteiger partial charge is 0.416 e. The van der Waals surface area contributed by atoms with Crippen LogP contribution in [0.4, 0.5) is 13.2 Å². The lowest BCUT2D eigenvalue weighted by atomic mass is 10.1. The number of benzene rings is 2. The highest BCUT2D eigenvalue weighted by Crippen LogP contribution is 2.29. The van der Waals surface area contributed by atoms with Gasteiger partial charge in [-0.05, 0) is 29.7 Å². The Morgan fingerprint density at radius 1 is 0.917 bits per heavy atom. The van der Waals surface area contributed by atoms with E-state index in [9.17, 15) is 26.4 Å². The molecule has 0 aliphatic carbocycles. The molecular weight excluding hydrogens is 493 g/mol. The van der Waals surface area contributed by atoms with Crippen LogP contribution in [0, 0.1) is 0 Å². The van der Waals surface area contributed by atoms with Gasteiger partial charge in [-0.15, -0.1) is 0 Å². The average Bonchev–Trinajstić information content (AvgIpc) is 3.33. The van der Waals surface area contributed by atoms with Crippen molar-refractivity contribution in [2.24, 2.45) is 0 Å². The number of alkyl halides is 3.